The number of alkyl halides is 2. The molecule has 2 atom stereocenters. The molecule has 3 rings (SSSR count). The first-order valence-corrected chi connectivity index (χ1v) is 7.59. The highest BCUT2D eigenvalue weighted by Gasteiger charge is 2.44. The van der Waals surface area contributed by atoms with Crippen LogP contribution in [-0.4, -0.2) is 55.1 Å². The first-order chi connectivity index (χ1) is 10.5. The van der Waals surface area contributed by atoms with Crippen LogP contribution in [0.3, 0.4) is 0 Å². The van der Waals surface area contributed by atoms with Gasteiger partial charge in [0, 0.05) is 25.9 Å². The average molecular weight is 347 g/mol. The van der Waals surface area contributed by atoms with Gasteiger partial charge < -0.3 is 9.64 Å². The van der Waals surface area contributed by atoms with Crippen LogP contribution in [0.4, 0.5) is 8.78 Å². The van der Waals surface area contributed by atoms with Crippen LogP contribution in [0, 0.1) is 0 Å². The topological polar surface area (TPSA) is 41.6 Å². The van der Waals surface area contributed by atoms with Crippen LogP contribution >= 0.6 is 12.4 Å². The lowest BCUT2D eigenvalue weighted by Gasteiger charge is -2.34. The van der Waals surface area contributed by atoms with Crippen LogP contribution in [-0.2, 0) is 16.0 Å². The van der Waals surface area contributed by atoms with E-state index in [0.717, 1.165) is 12.0 Å². The molecule has 4 nitrogen and oxygen atoms in total. The SMILES string of the molecule is Cl.O=C(C1CC(F)(F)CN1)N1CCOC(Cc2ccccc2)C1. The van der Waals surface area contributed by atoms with Crippen molar-refractivity contribution in [3.63, 3.8) is 0 Å². The molecule has 0 bridgehead atoms. The monoisotopic (exact) mass is 346 g/mol. The van der Waals surface area contributed by atoms with Gasteiger partial charge in [0.2, 0.25) is 5.91 Å². The van der Waals surface area contributed by atoms with Gasteiger partial charge in [0.1, 0.15) is 0 Å². The highest BCUT2D eigenvalue weighted by Crippen LogP contribution is 2.26. The number of carbonyl (C=O) groups excluding carboxylic acids is 1. The summed E-state index contributed by atoms with van der Waals surface area (Å²) in [6.45, 7) is 0.957. The molecule has 2 unspecified atom stereocenters. The fourth-order valence-corrected chi connectivity index (χ4v) is 3.03. The Balaban J connectivity index is 0.00000192. The van der Waals surface area contributed by atoms with Crippen LogP contribution in [0.1, 0.15) is 12.0 Å². The maximum atomic E-state index is 13.2. The molecule has 2 fully saturated rings. The normalized spacial score (nSPS) is 26.6. The number of halogens is 3. The molecule has 0 aliphatic carbocycles. The first-order valence-electron chi connectivity index (χ1n) is 7.59. The van der Waals surface area contributed by atoms with Crippen molar-refractivity contribution >= 4 is 18.3 Å². The fourth-order valence-electron chi connectivity index (χ4n) is 3.03. The van der Waals surface area contributed by atoms with Crippen molar-refractivity contribution in [2.45, 2.75) is 30.9 Å². The molecule has 1 N–H and O–H groups in total. The Kier molecular flexibility index (Phi) is 5.95. The molecule has 23 heavy (non-hydrogen) atoms. The third-order valence-electron chi connectivity index (χ3n) is 4.16. The first kappa shape index (κ1) is 18.1. The number of carbonyl (C=O) groups is 1. The van der Waals surface area contributed by atoms with Gasteiger partial charge in [-0.1, -0.05) is 30.3 Å². The summed E-state index contributed by atoms with van der Waals surface area (Å²) in [6, 6.07) is 9.14. The zero-order chi connectivity index (χ0) is 15.6. The van der Waals surface area contributed by atoms with E-state index < -0.39 is 24.9 Å². The van der Waals surface area contributed by atoms with Crippen molar-refractivity contribution < 1.29 is 18.3 Å². The number of hydrogen-bond acceptors (Lipinski definition) is 3. The zero-order valence-corrected chi connectivity index (χ0v) is 13.5. The Morgan fingerprint density at radius 3 is 2.74 bits per heavy atom. The summed E-state index contributed by atoms with van der Waals surface area (Å²) < 4.78 is 32.2. The Morgan fingerprint density at radius 1 is 1.35 bits per heavy atom. The number of hydrogen-bond donors (Lipinski definition) is 1. The highest BCUT2D eigenvalue weighted by molar-refractivity contribution is 5.85. The number of rotatable bonds is 3. The molecule has 1 aromatic rings. The van der Waals surface area contributed by atoms with Crippen LogP contribution in [0.25, 0.3) is 0 Å². The smallest absolute Gasteiger partial charge is 0.262 e. The molecule has 2 aliphatic rings. The molecule has 1 aromatic carbocycles. The second-order valence-corrected chi connectivity index (χ2v) is 5.96. The van der Waals surface area contributed by atoms with E-state index in [2.05, 4.69) is 5.32 Å². The van der Waals surface area contributed by atoms with E-state index in [1.54, 1.807) is 4.90 Å². The van der Waals surface area contributed by atoms with Crippen molar-refractivity contribution in [3.8, 4) is 0 Å². The van der Waals surface area contributed by atoms with Gasteiger partial charge in [-0.3, -0.25) is 10.1 Å². The minimum Gasteiger partial charge on any atom is -0.374 e. The second kappa shape index (κ2) is 7.55. The van der Waals surface area contributed by atoms with Crippen molar-refractivity contribution in [1.29, 1.82) is 0 Å². The summed E-state index contributed by atoms with van der Waals surface area (Å²) >= 11 is 0. The van der Waals surface area contributed by atoms with E-state index in [-0.39, 0.29) is 24.4 Å². The Morgan fingerprint density at radius 2 is 2.09 bits per heavy atom. The molecule has 2 saturated heterocycles. The predicted octanol–water partition coefficient (Wildman–Crippen LogP) is 1.88. The number of nitrogens with zero attached hydrogens (tertiary/aromatic N) is 1. The maximum absolute atomic E-state index is 13.2. The molecule has 0 radical (unpaired) electrons. The minimum atomic E-state index is -2.78. The maximum Gasteiger partial charge on any atom is 0.262 e. The predicted molar refractivity (Wildman–Crippen MR) is 85.1 cm³/mol. The van der Waals surface area contributed by atoms with Crippen LogP contribution < -0.4 is 5.32 Å². The van der Waals surface area contributed by atoms with E-state index in [1.807, 2.05) is 30.3 Å². The van der Waals surface area contributed by atoms with E-state index >= 15 is 0 Å². The summed E-state index contributed by atoms with van der Waals surface area (Å²) in [5.41, 5.74) is 1.15. The highest BCUT2D eigenvalue weighted by atomic mass is 35.5. The van der Waals surface area contributed by atoms with Gasteiger partial charge in [0.25, 0.3) is 5.92 Å². The molecule has 0 spiro atoms. The fraction of sp³-hybridized carbons (Fsp3) is 0.562. The van der Waals surface area contributed by atoms with E-state index in [9.17, 15) is 13.6 Å². The number of amides is 1. The van der Waals surface area contributed by atoms with E-state index in [4.69, 9.17) is 4.74 Å². The van der Waals surface area contributed by atoms with E-state index in [1.165, 1.54) is 0 Å². The summed E-state index contributed by atoms with van der Waals surface area (Å²) in [7, 11) is 0. The number of benzene rings is 1. The van der Waals surface area contributed by atoms with Gasteiger partial charge in [-0.2, -0.15) is 0 Å². The summed E-state index contributed by atoms with van der Waals surface area (Å²) in [6.07, 6.45) is 0.229. The van der Waals surface area contributed by atoms with Crippen molar-refractivity contribution in [1.82, 2.24) is 10.2 Å². The lowest BCUT2D eigenvalue weighted by Crippen LogP contribution is -2.51. The lowest BCUT2D eigenvalue weighted by atomic mass is 10.1. The van der Waals surface area contributed by atoms with Crippen LogP contribution in [0.5, 0.6) is 0 Å². The Bertz CT molecular complexity index is 530. The Labute approximate surface area is 140 Å². The number of ether oxygens (including phenoxy) is 1. The van der Waals surface area contributed by atoms with Gasteiger partial charge in [0.15, 0.2) is 0 Å². The van der Waals surface area contributed by atoms with Crippen molar-refractivity contribution in [2.75, 3.05) is 26.2 Å². The van der Waals surface area contributed by atoms with Gasteiger partial charge in [0.05, 0.1) is 25.3 Å². The number of nitrogens with one attached hydrogen (secondary N) is 1. The summed E-state index contributed by atoms with van der Waals surface area (Å²) in [4.78, 5) is 14.0. The van der Waals surface area contributed by atoms with Gasteiger partial charge in [-0.15, -0.1) is 12.4 Å². The number of morpholine rings is 1. The summed E-state index contributed by atoms with van der Waals surface area (Å²) in [5.74, 6) is -3.02. The molecule has 128 valence electrons. The molecule has 0 saturated carbocycles. The molecule has 7 heteroatoms. The van der Waals surface area contributed by atoms with Crippen molar-refractivity contribution in [3.05, 3.63) is 35.9 Å². The average Bonchev–Trinajstić information content (AvgIpc) is 2.88. The molecule has 2 heterocycles. The van der Waals surface area contributed by atoms with Crippen LogP contribution in [0.15, 0.2) is 30.3 Å². The van der Waals surface area contributed by atoms with Gasteiger partial charge >= 0.3 is 0 Å². The standard InChI is InChI=1S/C16H20F2N2O2.ClH/c17-16(18)9-14(19-11-16)15(21)20-6-7-22-13(10-20)8-12-4-2-1-3-5-12;/h1-5,13-14,19H,6-11H2;1H. The van der Waals surface area contributed by atoms with Gasteiger partial charge in [-0.25, -0.2) is 8.78 Å². The molecule has 1 amide bonds. The second-order valence-electron chi connectivity index (χ2n) is 5.96. The molecule has 0 aromatic heterocycles. The molecular weight excluding hydrogens is 326 g/mol. The lowest BCUT2D eigenvalue weighted by molar-refractivity contribution is -0.141. The van der Waals surface area contributed by atoms with Gasteiger partial charge in [-0.05, 0) is 5.56 Å². The third kappa shape index (κ3) is 4.62. The third-order valence-corrected chi connectivity index (χ3v) is 4.16. The van der Waals surface area contributed by atoms with Crippen molar-refractivity contribution in [2.24, 2.45) is 0 Å². The quantitative estimate of drug-likeness (QED) is 0.908. The molecular formula is C16H21ClF2N2O2. The van der Waals surface area contributed by atoms with Crippen LogP contribution in [0.2, 0.25) is 0 Å². The Hall–Kier alpha value is -1.24. The van der Waals surface area contributed by atoms with E-state index in [0.29, 0.717) is 19.7 Å². The summed E-state index contributed by atoms with van der Waals surface area (Å²) in [5, 5.41) is 2.63. The largest absolute Gasteiger partial charge is 0.374 e. The molecule has 2 aliphatic heterocycles. The zero-order valence-electron chi connectivity index (χ0n) is 12.7. The minimum absolute atomic E-state index is 0.